The molecule has 2 aromatic rings. The predicted molar refractivity (Wildman–Crippen MR) is 108 cm³/mol. The summed E-state index contributed by atoms with van der Waals surface area (Å²) in [6.07, 6.45) is 2.17. The molecule has 0 spiro atoms. The molecule has 0 bridgehead atoms. The lowest BCUT2D eigenvalue weighted by Gasteiger charge is -2.22. The average molecular weight is 420 g/mol. The summed E-state index contributed by atoms with van der Waals surface area (Å²) in [5.74, 6) is -0.723. The van der Waals surface area contributed by atoms with Gasteiger partial charge in [-0.05, 0) is 38.0 Å². The third-order valence-electron chi connectivity index (χ3n) is 4.88. The highest BCUT2D eigenvalue weighted by molar-refractivity contribution is 7.89. The molecule has 29 heavy (non-hydrogen) atoms. The van der Waals surface area contributed by atoms with Crippen LogP contribution in [0, 0.1) is 0 Å². The summed E-state index contributed by atoms with van der Waals surface area (Å²) < 4.78 is 33.8. The first-order chi connectivity index (χ1) is 13.7. The maximum Gasteiger partial charge on any atom is 0.354 e. The molecular formula is C20H25N3O5S. The Labute approximate surface area is 170 Å². The maximum atomic E-state index is 12.7. The number of carbonyl (C=O) groups is 2. The molecule has 2 heterocycles. The van der Waals surface area contributed by atoms with Crippen molar-refractivity contribution >= 4 is 27.6 Å². The number of carbonyl (C=O) groups excluding carboxylic acids is 2. The lowest BCUT2D eigenvalue weighted by molar-refractivity contribution is -0.118. The van der Waals surface area contributed by atoms with E-state index in [1.807, 2.05) is 31.2 Å². The molecule has 9 heteroatoms. The Kier molecular flexibility index (Phi) is 6.09. The minimum absolute atomic E-state index is 0.0316. The van der Waals surface area contributed by atoms with Crippen molar-refractivity contribution in [1.29, 1.82) is 0 Å². The van der Waals surface area contributed by atoms with Crippen LogP contribution in [0.5, 0.6) is 0 Å². The summed E-state index contributed by atoms with van der Waals surface area (Å²) in [7, 11) is -2.28. The highest BCUT2D eigenvalue weighted by Crippen LogP contribution is 2.32. The molecule has 1 atom stereocenters. The van der Waals surface area contributed by atoms with Crippen LogP contribution < -0.4 is 9.62 Å². The van der Waals surface area contributed by atoms with Gasteiger partial charge in [0.1, 0.15) is 10.6 Å². The Morgan fingerprint density at radius 2 is 2.00 bits per heavy atom. The van der Waals surface area contributed by atoms with Gasteiger partial charge in [-0.1, -0.05) is 18.2 Å². The normalized spacial score (nSPS) is 16.0. The lowest BCUT2D eigenvalue weighted by atomic mass is 10.1. The fraction of sp³-hybridized carbons (Fsp3) is 0.400. The molecule has 0 aliphatic carbocycles. The smallest absolute Gasteiger partial charge is 0.354 e. The number of nitrogens with zero attached hydrogens (tertiary/aromatic N) is 2. The zero-order valence-electron chi connectivity index (χ0n) is 16.7. The average Bonchev–Trinajstić information content (AvgIpc) is 3.21. The zero-order chi connectivity index (χ0) is 21.2. The molecule has 1 aromatic carbocycles. The van der Waals surface area contributed by atoms with E-state index < -0.39 is 16.0 Å². The largest absolute Gasteiger partial charge is 0.461 e. The van der Waals surface area contributed by atoms with Gasteiger partial charge in [-0.3, -0.25) is 4.79 Å². The molecule has 0 saturated heterocycles. The van der Waals surface area contributed by atoms with E-state index in [9.17, 15) is 18.0 Å². The number of fused-ring (bicyclic) bond motifs is 1. The van der Waals surface area contributed by atoms with Crippen molar-refractivity contribution in [1.82, 2.24) is 9.29 Å². The molecule has 1 aromatic heterocycles. The van der Waals surface area contributed by atoms with Crippen molar-refractivity contribution < 1.29 is 22.7 Å². The Morgan fingerprint density at radius 3 is 2.72 bits per heavy atom. The molecule has 1 unspecified atom stereocenters. The van der Waals surface area contributed by atoms with Crippen LogP contribution in [0.1, 0.15) is 36.3 Å². The van der Waals surface area contributed by atoms with Gasteiger partial charge in [0, 0.05) is 37.9 Å². The quantitative estimate of drug-likeness (QED) is 0.691. The minimum atomic E-state index is -3.85. The van der Waals surface area contributed by atoms with Crippen LogP contribution >= 0.6 is 0 Å². The van der Waals surface area contributed by atoms with E-state index in [0.717, 1.165) is 17.7 Å². The fourth-order valence-corrected chi connectivity index (χ4v) is 4.63. The van der Waals surface area contributed by atoms with Crippen LogP contribution in [0.4, 0.5) is 5.69 Å². The Bertz CT molecular complexity index is 1030. The van der Waals surface area contributed by atoms with Crippen molar-refractivity contribution in [3.8, 4) is 0 Å². The summed E-state index contributed by atoms with van der Waals surface area (Å²) in [5, 5.41) is 0. The van der Waals surface area contributed by atoms with Gasteiger partial charge in [0.25, 0.3) is 0 Å². The molecule has 1 N–H and O–H groups in total. The monoisotopic (exact) mass is 419 g/mol. The molecule has 1 amide bonds. The summed E-state index contributed by atoms with van der Waals surface area (Å²) >= 11 is 0. The number of benzene rings is 1. The zero-order valence-corrected chi connectivity index (χ0v) is 17.5. The number of hydrogen-bond donors (Lipinski definition) is 1. The van der Waals surface area contributed by atoms with Crippen LogP contribution in [0.15, 0.2) is 41.4 Å². The van der Waals surface area contributed by atoms with E-state index in [0.29, 0.717) is 0 Å². The van der Waals surface area contributed by atoms with Crippen LogP contribution in [-0.4, -0.2) is 44.1 Å². The summed E-state index contributed by atoms with van der Waals surface area (Å²) in [6.45, 7) is 3.82. The summed E-state index contributed by atoms with van der Waals surface area (Å²) in [4.78, 5) is 26.2. The van der Waals surface area contributed by atoms with Gasteiger partial charge in [0.05, 0.1) is 6.61 Å². The van der Waals surface area contributed by atoms with E-state index in [2.05, 4.69) is 4.72 Å². The number of aryl methyl sites for hydroxylation is 1. The van der Waals surface area contributed by atoms with Crippen molar-refractivity contribution in [3.63, 3.8) is 0 Å². The molecule has 0 radical (unpaired) electrons. The van der Waals surface area contributed by atoms with E-state index in [1.165, 1.54) is 16.8 Å². The van der Waals surface area contributed by atoms with Crippen molar-refractivity contribution in [2.75, 3.05) is 18.1 Å². The molecule has 0 fully saturated rings. The number of sulfonamides is 1. The predicted octanol–water partition coefficient (Wildman–Crippen LogP) is 1.85. The summed E-state index contributed by atoms with van der Waals surface area (Å²) in [6, 6.07) is 9.04. The number of nitrogens with one attached hydrogen (secondary N) is 1. The SMILES string of the molecule is CCOC(=O)c1cc(S(=O)(=O)NCCC(=O)N2c3ccccc3CC2C)cn1C. The Morgan fingerprint density at radius 1 is 1.28 bits per heavy atom. The second kappa shape index (κ2) is 8.38. The van der Waals surface area contributed by atoms with E-state index >= 15 is 0 Å². The van der Waals surface area contributed by atoms with Gasteiger partial charge < -0.3 is 14.2 Å². The number of aromatic nitrogens is 1. The number of anilines is 1. The second-order valence-electron chi connectivity index (χ2n) is 6.99. The Hall–Kier alpha value is -2.65. The number of amides is 1. The number of ether oxygens (including phenoxy) is 1. The van der Waals surface area contributed by atoms with Gasteiger partial charge >= 0.3 is 5.97 Å². The first-order valence-electron chi connectivity index (χ1n) is 9.47. The Balaban J connectivity index is 1.64. The van der Waals surface area contributed by atoms with Crippen molar-refractivity contribution in [2.45, 2.75) is 37.6 Å². The van der Waals surface area contributed by atoms with Gasteiger partial charge in [-0.2, -0.15) is 0 Å². The molecule has 8 nitrogen and oxygen atoms in total. The highest BCUT2D eigenvalue weighted by Gasteiger charge is 2.30. The fourth-order valence-electron chi connectivity index (χ4n) is 3.53. The number of rotatable bonds is 7. The first kappa shape index (κ1) is 21.1. The van der Waals surface area contributed by atoms with Crippen LogP contribution in [0.3, 0.4) is 0 Å². The third kappa shape index (κ3) is 4.35. The first-order valence-corrected chi connectivity index (χ1v) is 11.0. The van der Waals surface area contributed by atoms with E-state index in [1.54, 1.807) is 18.9 Å². The number of esters is 1. The molecule has 3 rings (SSSR count). The lowest BCUT2D eigenvalue weighted by Crippen LogP contribution is -2.38. The standard InChI is InChI=1S/C20H25N3O5S/c1-4-28-20(25)18-12-16(13-22(18)3)29(26,27)21-10-9-19(24)23-14(2)11-15-7-5-6-8-17(15)23/h5-8,12-14,21H,4,9-11H2,1-3H3. The third-order valence-corrected chi connectivity index (χ3v) is 6.31. The molecule has 1 aliphatic heterocycles. The number of para-hydroxylation sites is 1. The molecule has 1 aliphatic rings. The van der Waals surface area contributed by atoms with Crippen LogP contribution in [0.2, 0.25) is 0 Å². The van der Waals surface area contributed by atoms with Crippen LogP contribution in [-0.2, 0) is 33.0 Å². The van der Waals surface area contributed by atoms with Crippen LogP contribution in [0.25, 0.3) is 0 Å². The summed E-state index contributed by atoms with van der Waals surface area (Å²) in [5.41, 5.74) is 2.14. The van der Waals surface area contributed by atoms with Gasteiger partial charge in [0.2, 0.25) is 15.9 Å². The van der Waals surface area contributed by atoms with Crippen molar-refractivity contribution in [2.24, 2.45) is 7.05 Å². The van der Waals surface area contributed by atoms with Gasteiger partial charge in [-0.25, -0.2) is 17.9 Å². The number of hydrogen-bond acceptors (Lipinski definition) is 5. The minimum Gasteiger partial charge on any atom is -0.461 e. The maximum absolute atomic E-state index is 12.7. The van der Waals surface area contributed by atoms with Gasteiger partial charge in [0.15, 0.2) is 0 Å². The second-order valence-corrected chi connectivity index (χ2v) is 8.75. The molecular weight excluding hydrogens is 394 g/mol. The van der Waals surface area contributed by atoms with Gasteiger partial charge in [-0.15, -0.1) is 0 Å². The highest BCUT2D eigenvalue weighted by atomic mass is 32.2. The topological polar surface area (TPSA) is 97.7 Å². The van der Waals surface area contributed by atoms with Crippen molar-refractivity contribution in [3.05, 3.63) is 47.8 Å². The molecule has 0 saturated carbocycles. The molecule has 156 valence electrons. The van der Waals surface area contributed by atoms with E-state index in [4.69, 9.17) is 4.74 Å². The van der Waals surface area contributed by atoms with E-state index in [-0.39, 0.29) is 42.1 Å².